The van der Waals surface area contributed by atoms with Crippen LogP contribution in [0.5, 0.6) is 0 Å². The van der Waals surface area contributed by atoms with Gasteiger partial charge in [0.25, 0.3) is 0 Å². The summed E-state index contributed by atoms with van der Waals surface area (Å²) in [5.41, 5.74) is -2.57. The number of Topliss-reactive ketones (excluding diaryl/α,β-unsaturated/α-hetero) is 1. The zero-order valence-electron chi connectivity index (χ0n) is 21.2. The average molecular weight is 451 g/mol. The Morgan fingerprint density at radius 3 is 2.44 bits per heavy atom. The van der Waals surface area contributed by atoms with Crippen LogP contribution in [-0.4, -0.2) is 41.1 Å². The maximum absolute atomic E-state index is 13.4. The van der Waals surface area contributed by atoms with Gasteiger partial charge in [0.2, 0.25) is 5.79 Å². The van der Waals surface area contributed by atoms with E-state index in [2.05, 4.69) is 20.8 Å². The number of carbonyl (C=O) groups excluding carboxylic acids is 2. The molecule has 2 saturated heterocycles. The summed E-state index contributed by atoms with van der Waals surface area (Å²) in [5.74, 6) is -0.344. The Labute approximate surface area is 192 Å². The molecule has 1 unspecified atom stereocenters. The molecule has 2 aliphatic heterocycles. The van der Waals surface area contributed by atoms with Crippen molar-refractivity contribution < 1.29 is 28.9 Å². The first-order chi connectivity index (χ1) is 14.6. The van der Waals surface area contributed by atoms with Crippen LogP contribution in [0.4, 0.5) is 0 Å². The molecule has 6 nitrogen and oxygen atoms in total. The number of hydrogen-bond donors (Lipinski definition) is 1. The number of fused-ring (bicyclic) bond motifs is 4. The van der Waals surface area contributed by atoms with E-state index in [1.54, 1.807) is 13.8 Å². The molecule has 0 aromatic rings. The molecule has 0 bridgehead atoms. The van der Waals surface area contributed by atoms with E-state index in [4.69, 9.17) is 14.2 Å². The maximum atomic E-state index is 13.4. The minimum absolute atomic E-state index is 0.134. The lowest BCUT2D eigenvalue weighted by atomic mass is 9.53. The molecule has 0 aromatic heterocycles. The summed E-state index contributed by atoms with van der Waals surface area (Å²) in [5, 5.41) is 11.2. The zero-order valence-corrected chi connectivity index (χ0v) is 21.2. The Hall–Kier alpha value is -0.980. The third kappa shape index (κ3) is 2.81. The molecule has 0 radical (unpaired) electrons. The smallest absolute Gasteiger partial charge is 0.341 e. The summed E-state index contributed by atoms with van der Waals surface area (Å²) in [6, 6.07) is 0. The monoisotopic (exact) mass is 450 g/mol. The highest BCUT2D eigenvalue weighted by Crippen LogP contribution is 2.83. The van der Waals surface area contributed by atoms with E-state index in [-0.39, 0.29) is 11.2 Å². The molecule has 0 aromatic carbocycles. The van der Waals surface area contributed by atoms with Crippen LogP contribution in [0.2, 0.25) is 0 Å². The summed E-state index contributed by atoms with van der Waals surface area (Å²) in [7, 11) is 0. The summed E-state index contributed by atoms with van der Waals surface area (Å²) in [6.07, 6.45) is 3.87. The second-order valence-electron chi connectivity index (χ2n) is 12.6. The van der Waals surface area contributed by atoms with Gasteiger partial charge in [0.05, 0.1) is 12.0 Å². The van der Waals surface area contributed by atoms with Gasteiger partial charge >= 0.3 is 5.97 Å². The molecule has 32 heavy (non-hydrogen) atoms. The highest BCUT2D eigenvalue weighted by atomic mass is 16.8. The van der Waals surface area contributed by atoms with E-state index < -0.39 is 34.5 Å². The lowest BCUT2D eigenvalue weighted by Gasteiger charge is -2.50. The lowest BCUT2D eigenvalue weighted by Crippen LogP contribution is -2.61. The molecule has 2 saturated carbocycles. The van der Waals surface area contributed by atoms with Crippen molar-refractivity contribution in [2.45, 2.75) is 112 Å². The third-order valence-corrected chi connectivity index (χ3v) is 10.5. The van der Waals surface area contributed by atoms with Crippen LogP contribution in [0.25, 0.3) is 0 Å². The minimum atomic E-state index is -1.33. The molecule has 2 heterocycles. The quantitative estimate of drug-likeness (QED) is 0.429. The second-order valence-corrected chi connectivity index (χ2v) is 12.6. The Morgan fingerprint density at radius 2 is 1.91 bits per heavy atom. The van der Waals surface area contributed by atoms with Gasteiger partial charge in [0.15, 0.2) is 11.9 Å². The van der Waals surface area contributed by atoms with Crippen molar-refractivity contribution in [3.8, 4) is 0 Å². The summed E-state index contributed by atoms with van der Waals surface area (Å²) < 4.78 is 18.6. The van der Waals surface area contributed by atoms with Crippen LogP contribution in [0.1, 0.15) is 93.9 Å². The number of hydrogen-bond acceptors (Lipinski definition) is 6. The van der Waals surface area contributed by atoms with Crippen molar-refractivity contribution in [3.05, 3.63) is 0 Å². The third-order valence-electron chi connectivity index (χ3n) is 10.5. The Kier molecular flexibility index (Phi) is 5.30. The number of rotatable bonds is 8. The predicted octanol–water partition coefficient (Wildman–Crippen LogP) is 4.62. The van der Waals surface area contributed by atoms with Gasteiger partial charge in [-0.2, -0.15) is 0 Å². The van der Waals surface area contributed by atoms with Gasteiger partial charge in [-0.05, 0) is 70.1 Å². The molecular weight excluding hydrogens is 408 g/mol. The van der Waals surface area contributed by atoms with Gasteiger partial charge in [-0.1, -0.05) is 27.7 Å². The SMILES string of the molecule is CC(=O)CCCC(C)(C)[C@@H](O)OC1(C)C(=O)O[C@]2(C)OC[C@@]3(CC[C@]4(C(C)C)C[C@H]43)[C@]12C. The van der Waals surface area contributed by atoms with Gasteiger partial charge in [-0.3, -0.25) is 0 Å². The first kappa shape index (κ1) is 24.2. The fourth-order valence-corrected chi connectivity index (χ4v) is 7.66. The standard InChI is InChI=1S/C26H42O6/c1-16(2)25-12-13-26(18(25)14-25)15-30-24(8)23(26,7)22(6,20(29)32-24)31-19(28)21(4,5)11-9-10-17(3)27/h16,18-19,28H,9-15H2,1-8H3/t18-,19+,22?,23-,24+,25-,26-/m1/s1. The first-order valence-corrected chi connectivity index (χ1v) is 12.3. The van der Waals surface area contributed by atoms with Crippen molar-refractivity contribution in [2.75, 3.05) is 6.61 Å². The summed E-state index contributed by atoms with van der Waals surface area (Å²) >= 11 is 0. The molecule has 4 aliphatic rings. The fourth-order valence-electron chi connectivity index (χ4n) is 7.66. The highest BCUT2D eigenvalue weighted by Gasteiger charge is 2.87. The second kappa shape index (κ2) is 7.02. The van der Waals surface area contributed by atoms with Crippen LogP contribution in [0.3, 0.4) is 0 Å². The molecule has 0 amide bonds. The number of ether oxygens (including phenoxy) is 3. The summed E-state index contributed by atoms with van der Waals surface area (Å²) in [4.78, 5) is 24.7. The molecule has 6 heteroatoms. The highest BCUT2D eigenvalue weighted by molar-refractivity contribution is 5.84. The molecular formula is C26H42O6. The van der Waals surface area contributed by atoms with Gasteiger partial charge in [0, 0.05) is 24.2 Å². The lowest BCUT2D eigenvalue weighted by molar-refractivity contribution is -0.267. The Bertz CT molecular complexity index is 821. The van der Waals surface area contributed by atoms with Gasteiger partial charge in [-0.25, -0.2) is 4.79 Å². The predicted molar refractivity (Wildman–Crippen MR) is 119 cm³/mol. The molecule has 1 spiro atoms. The summed E-state index contributed by atoms with van der Waals surface area (Å²) in [6.45, 7) is 16.3. The molecule has 1 N–H and O–H groups in total. The maximum Gasteiger partial charge on any atom is 0.341 e. The van der Waals surface area contributed by atoms with E-state index in [1.165, 1.54) is 0 Å². The molecule has 4 rings (SSSR count). The number of esters is 1. The largest absolute Gasteiger partial charge is 0.430 e. The van der Waals surface area contributed by atoms with E-state index in [0.717, 1.165) is 19.3 Å². The Balaban J connectivity index is 1.65. The van der Waals surface area contributed by atoms with Crippen LogP contribution < -0.4 is 0 Å². The molecule has 7 atom stereocenters. The van der Waals surface area contributed by atoms with Crippen molar-refractivity contribution in [2.24, 2.45) is 33.5 Å². The number of carbonyl (C=O) groups is 2. The minimum Gasteiger partial charge on any atom is -0.430 e. The zero-order chi connectivity index (χ0) is 24.0. The topological polar surface area (TPSA) is 82.1 Å². The van der Waals surface area contributed by atoms with Crippen molar-refractivity contribution in [3.63, 3.8) is 0 Å². The van der Waals surface area contributed by atoms with Crippen LogP contribution in [0.15, 0.2) is 0 Å². The average Bonchev–Trinajstić information content (AvgIpc) is 3.24. The van der Waals surface area contributed by atoms with Crippen molar-refractivity contribution in [1.29, 1.82) is 0 Å². The normalized spacial score (nSPS) is 45.8. The number of aliphatic hydroxyl groups is 1. The van der Waals surface area contributed by atoms with Crippen LogP contribution in [-0.2, 0) is 23.8 Å². The van der Waals surface area contributed by atoms with Crippen molar-refractivity contribution in [1.82, 2.24) is 0 Å². The van der Waals surface area contributed by atoms with E-state index in [9.17, 15) is 14.7 Å². The molecule has 4 fully saturated rings. The van der Waals surface area contributed by atoms with Crippen LogP contribution >= 0.6 is 0 Å². The molecule has 182 valence electrons. The number of ketones is 1. The van der Waals surface area contributed by atoms with E-state index in [0.29, 0.717) is 43.1 Å². The fraction of sp³-hybridized carbons (Fsp3) is 0.923. The number of aliphatic hydroxyl groups excluding tert-OH is 1. The van der Waals surface area contributed by atoms with Crippen LogP contribution in [0, 0.1) is 33.5 Å². The first-order valence-electron chi connectivity index (χ1n) is 12.3. The van der Waals surface area contributed by atoms with Gasteiger partial charge in [-0.15, -0.1) is 0 Å². The van der Waals surface area contributed by atoms with E-state index >= 15 is 0 Å². The van der Waals surface area contributed by atoms with Gasteiger partial charge < -0.3 is 24.1 Å². The van der Waals surface area contributed by atoms with E-state index in [1.807, 2.05) is 20.8 Å². The van der Waals surface area contributed by atoms with Gasteiger partial charge in [0.1, 0.15) is 5.78 Å². The van der Waals surface area contributed by atoms with Crippen molar-refractivity contribution >= 4 is 11.8 Å². The Morgan fingerprint density at radius 1 is 1.25 bits per heavy atom. The molecule has 2 aliphatic carbocycles.